The number of aromatic nitrogens is 3. The van der Waals surface area contributed by atoms with Gasteiger partial charge < -0.3 is 19.5 Å². The molecule has 4 saturated heterocycles. The second-order valence-corrected chi connectivity index (χ2v) is 12.7. The lowest BCUT2D eigenvalue weighted by molar-refractivity contribution is 0.0302. The summed E-state index contributed by atoms with van der Waals surface area (Å²) in [5.41, 5.74) is 0.253. The van der Waals surface area contributed by atoms with Crippen molar-refractivity contribution < 1.29 is 27.8 Å². The predicted molar refractivity (Wildman–Crippen MR) is 160 cm³/mol. The van der Waals surface area contributed by atoms with Gasteiger partial charge in [0.2, 0.25) is 0 Å². The molecule has 1 N–H and O–H groups in total. The summed E-state index contributed by atoms with van der Waals surface area (Å²) in [5, 5.41) is 12.1. The summed E-state index contributed by atoms with van der Waals surface area (Å²) in [6.07, 6.45) is 5.23. The van der Waals surface area contributed by atoms with Crippen molar-refractivity contribution in [2.45, 2.75) is 69.4 Å². The first-order valence-electron chi connectivity index (χ1n) is 15.5. The van der Waals surface area contributed by atoms with Crippen LogP contribution in [0, 0.1) is 11.6 Å². The molecule has 0 amide bonds. The summed E-state index contributed by atoms with van der Waals surface area (Å²) in [6, 6.07) is 5.90. The standard InChI is InChI=1S/C33H34F3N5O3/c1-2-23-26(35)7-4-18-10-20(42)11-24(27(18)23)29-28(36)30-25(13-37-29)31(40-15-21-5-6-22(16-40)44-21)39-32(38-30)43-17-33-8-3-9-41(33)14-19(34)12-33/h4,7,10-11,13,19,21-22,42H,2-3,5-6,8-9,12,14-17H2,1H3/t19-,21?,22?,33+/m1/s1. The number of aryl methyl sites for hydroxylation is 1. The third kappa shape index (κ3) is 4.46. The molecule has 6 heterocycles. The van der Waals surface area contributed by atoms with Crippen LogP contribution in [0.3, 0.4) is 0 Å². The first-order valence-corrected chi connectivity index (χ1v) is 15.5. The Hall–Kier alpha value is -3.70. The lowest BCUT2D eigenvalue weighted by Gasteiger charge is -2.34. The molecular formula is C33H34F3N5O3. The lowest BCUT2D eigenvalue weighted by Crippen LogP contribution is -2.44. The number of morpholine rings is 1. The van der Waals surface area contributed by atoms with Crippen LogP contribution < -0.4 is 9.64 Å². The zero-order chi connectivity index (χ0) is 30.2. The van der Waals surface area contributed by atoms with Crippen LogP contribution in [0.25, 0.3) is 32.9 Å². The summed E-state index contributed by atoms with van der Waals surface area (Å²) >= 11 is 0. The molecule has 0 aliphatic carbocycles. The minimum absolute atomic E-state index is 0.0204. The molecule has 2 unspecified atom stereocenters. The number of nitrogens with zero attached hydrogens (tertiary/aromatic N) is 5. The molecule has 44 heavy (non-hydrogen) atoms. The van der Waals surface area contributed by atoms with Crippen molar-refractivity contribution in [1.82, 2.24) is 19.9 Å². The molecular weight excluding hydrogens is 571 g/mol. The number of rotatable bonds is 6. The van der Waals surface area contributed by atoms with Gasteiger partial charge in [0.25, 0.3) is 0 Å². The molecule has 4 aliphatic heterocycles. The molecule has 0 radical (unpaired) electrons. The highest BCUT2D eigenvalue weighted by molar-refractivity contribution is 6.01. The van der Waals surface area contributed by atoms with Crippen LogP contribution in [0.4, 0.5) is 19.0 Å². The molecule has 8 rings (SSSR count). The zero-order valence-corrected chi connectivity index (χ0v) is 24.5. The van der Waals surface area contributed by atoms with Crippen molar-refractivity contribution in [2.75, 3.05) is 37.7 Å². The van der Waals surface area contributed by atoms with Gasteiger partial charge in [0.05, 0.1) is 23.1 Å². The smallest absolute Gasteiger partial charge is 0.319 e. The molecule has 4 aliphatic rings. The number of anilines is 1. The number of phenolic OH excluding ortho intramolecular Hbond substituents is 1. The van der Waals surface area contributed by atoms with E-state index in [9.17, 15) is 13.9 Å². The number of hydrogen-bond donors (Lipinski definition) is 1. The van der Waals surface area contributed by atoms with Crippen LogP contribution in [0.1, 0.15) is 44.6 Å². The normalized spacial score (nSPS) is 26.6. The fourth-order valence-corrected chi connectivity index (χ4v) is 7.98. The van der Waals surface area contributed by atoms with Crippen molar-refractivity contribution in [2.24, 2.45) is 0 Å². The molecule has 2 aromatic heterocycles. The van der Waals surface area contributed by atoms with Gasteiger partial charge in [-0.15, -0.1) is 0 Å². The second kappa shape index (κ2) is 10.4. The van der Waals surface area contributed by atoms with Gasteiger partial charge in [0.1, 0.15) is 41.4 Å². The number of aromatic hydroxyl groups is 1. The van der Waals surface area contributed by atoms with Crippen molar-refractivity contribution in [3.63, 3.8) is 0 Å². The van der Waals surface area contributed by atoms with Crippen molar-refractivity contribution in [3.8, 4) is 23.0 Å². The Labute approximate surface area is 252 Å². The summed E-state index contributed by atoms with van der Waals surface area (Å²) < 4.78 is 58.4. The van der Waals surface area contributed by atoms with E-state index in [1.54, 1.807) is 12.3 Å². The monoisotopic (exact) mass is 605 g/mol. The first kappa shape index (κ1) is 27.8. The number of fused-ring (bicyclic) bond motifs is 5. The number of ether oxygens (including phenoxy) is 2. The maximum Gasteiger partial charge on any atom is 0.319 e. The highest BCUT2D eigenvalue weighted by Gasteiger charge is 2.49. The number of halogens is 3. The Balaban J connectivity index is 1.27. The topological polar surface area (TPSA) is 83.8 Å². The van der Waals surface area contributed by atoms with Crippen molar-refractivity contribution in [3.05, 3.63) is 47.7 Å². The summed E-state index contributed by atoms with van der Waals surface area (Å²) in [6.45, 7) is 4.46. The van der Waals surface area contributed by atoms with Gasteiger partial charge in [-0.05, 0) is 73.2 Å². The predicted octanol–water partition coefficient (Wildman–Crippen LogP) is 5.71. The van der Waals surface area contributed by atoms with Crippen LogP contribution >= 0.6 is 0 Å². The molecule has 8 nitrogen and oxygen atoms in total. The van der Waals surface area contributed by atoms with Gasteiger partial charge in [-0.25, -0.2) is 13.2 Å². The van der Waals surface area contributed by atoms with Crippen LogP contribution in [0.5, 0.6) is 11.8 Å². The molecule has 2 aromatic carbocycles. The van der Waals surface area contributed by atoms with Gasteiger partial charge in [-0.1, -0.05) is 13.0 Å². The van der Waals surface area contributed by atoms with Gasteiger partial charge in [-0.3, -0.25) is 9.88 Å². The SMILES string of the molecule is CCc1c(F)ccc2cc(O)cc(-c3ncc4c(N5CC6CCC(C5)O6)nc(OC[C@@]56CCCN5C[C@H](F)C6)nc4c3F)c12. The van der Waals surface area contributed by atoms with E-state index in [0.29, 0.717) is 60.0 Å². The van der Waals surface area contributed by atoms with Gasteiger partial charge in [-0.2, -0.15) is 9.97 Å². The Bertz CT molecular complexity index is 1780. The lowest BCUT2D eigenvalue weighted by atomic mass is 9.94. The number of benzene rings is 2. The van der Waals surface area contributed by atoms with Gasteiger partial charge >= 0.3 is 6.01 Å². The number of alkyl halides is 1. The Kier molecular flexibility index (Phi) is 6.60. The number of pyridine rings is 1. The summed E-state index contributed by atoms with van der Waals surface area (Å²) in [5.74, 6) is -0.685. The minimum atomic E-state index is -0.906. The maximum atomic E-state index is 16.8. The Morgan fingerprint density at radius 1 is 1.11 bits per heavy atom. The number of phenols is 1. The quantitative estimate of drug-likeness (QED) is 0.299. The Morgan fingerprint density at radius 2 is 1.93 bits per heavy atom. The highest BCUT2D eigenvalue weighted by atomic mass is 19.1. The maximum absolute atomic E-state index is 16.8. The van der Waals surface area contributed by atoms with Gasteiger partial charge in [0, 0.05) is 37.8 Å². The van der Waals surface area contributed by atoms with E-state index < -0.39 is 23.3 Å². The van der Waals surface area contributed by atoms with Crippen LogP contribution in [0.2, 0.25) is 0 Å². The average Bonchev–Trinajstić information content (AvgIpc) is 3.66. The van der Waals surface area contributed by atoms with Crippen LogP contribution in [-0.4, -0.2) is 81.7 Å². The molecule has 230 valence electrons. The fraction of sp³-hybridized carbons (Fsp3) is 0.485. The molecule has 4 atom stereocenters. The summed E-state index contributed by atoms with van der Waals surface area (Å²) in [4.78, 5) is 18.1. The van der Waals surface area contributed by atoms with E-state index in [4.69, 9.17) is 14.5 Å². The van der Waals surface area contributed by atoms with E-state index in [1.807, 2.05) is 6.92 Å². The van der Waals surface area contributed by atoms with Crippen molar-refractivity contribution in [1.29, 1.82) is 0 Å². The van der Waals surface area contributed by atoms with E-state index in [-0.39, 0.29) is 47.3 Å². The van der Waals surface area contributed by atoms with E-state index >= 15 is 4.39 Å². The molecule has 11 heteroatoms. The summed E-state index contributed by atoms with van der Waals surface area (Å²) in [7, 11) is 0. The largest absolute Gasteiger partial charge is 0.508 e. The molecule has 2 bridgehead atoms. The fourth-order valence-electron chi connectivity index (χ4n) is 7.98. The van der Waals surface area contributed by atoms with E-state index in [0.717, 1.165) is 32.2 Å². The second-order valence-electron chi connectivity index (χ2n) is 12.7. The van der Waals surface area contributed by atoms with E-state index in [2.05, 4.69) is 19.8 Å². The first-order chi connectivity index (χ1) is 21.3. The van der Waals surface area contributed by atoms with E-state index in [1.165, 1.54) is 18.2 Å². The molecule has 0 spiro atoms. The number of hydrogen-bond acceptors (Lipinski definition) is 8. The highest BCUT2D eigenvalue weighted by Crippen LogP contribution is 2.42. The average molecular weight is 606 g/mol. The Morgan fingerprint density at radius 3 is 2.73 bits per heavy atom. The van der Waals surface area contributed by atoms with Crippen LogP contribution in [-0.2, 0) is 11.2 Å². The van der Waals surface area contributed by atoms with Crippen molar-refractivity contribution >= 4 is 27.5 Å². The molecule has 4 fully saturated rings. The van der Waals surface area contributed by atoms with Crippen LogP contribution in [0.15, 0.2) is 30.5 Å². The molecule has 4 aromatic rings. The van der Waals surface area contributed by atoms with Gasteiger partial charge in [0.15, 0.2) is 5.82 Å². The third-order valence-corrected chi connectivity index (χ3v) is 9.98. The zero-order valence-electron chi connectivity index (χ0n) is 24.5. The minimum Gasteiger partial charge on any atom is -0.508 e. The molecule has 0 saturated carbocycles. The third-order valence-electron chi connectivity index (χ3n) is 9.98.